The van der Waals surface area contributed by atoms with E-state index in [0.717, 1.165) is 37.4 Å². The van der Waals surface area contributed by atoms with Crippen molar-refractivity contribution in [3.63, 3.8) is 0 Å². The van der Waals surface area contributed by atoms with Crippen molar-refractivity contribution in [1.29, 1.82) is 0 Å². The number of rotatable bonds is 7. The highest BCUT2D eigenvalue weighted by Crippen LogP contribution is 2.41. The molecule has 1 N–H and O–H groups in total. The third-order valence-corrected chi connectivity index (χ3v) is 3.93. The summed E-state index contributed by atoms with van der Waals surface area (Å²) in [6.07, 6.45) is 2.13. The SMILES string of the molecule is CCOc1ccc2c(c1)OC(C)(C)CC2NCCCN(C)C. The van der Waals surface area contributed by atoms with E-state index in [0.29, 0.717) is 12.6 Å². The van der Waals surface area contributed by atoms with Crippen LogP contribution in [0.2, 0.25) is 0 Å². The van der Waals surface area contributed by atoms with Gasteiger partial charge in [0.2, 0.25) is 0 Å². The fourth-order valence-corrected chi connectivity index (χ4v) is 2.94. The Morgan fingerprint density at radius 1 is 1.36 bits per heavy atom. The summed E-state index contributed by atoms with van der Waals surface area (Å²) in [5, 5.41) is 3.69. The van der Waals surface area contributed by atoms with Crippen LogP contribution in [0.15, 0.2) is 18.2 Å². The second-order valence-electron chi connectivity index (χ2n) is 6.86. The quantitative estimate of drug-likeness (QED) is 0.784. The molecule has 1 aliphatic heterocycles. The topological polar surface area (TPSA) is 33.7 Å². The number of hydrogen-bond donors (Lipinski definition) is 1. The van der Waals surface area contributed by atoms with Gasteiger partial charge in [-0.3, -0.25) is 0 Å². The predicted molar refractivity (Wildman–Crippen MR) is 90.8 cm³/mol. The van der Waals surface area contributed by atoms with Gasteiger partial charge in [-0.2, -0.15) is 0 Å². The van der Waals surface area contributed by atoms with Crippen molar-refractivity contribution in [2.24, 2.45) is 0 Å². The summed E-state index contributed by atoms with van der Waals surface area (Å²) in [6, 6.07) is 6.54. The number of nitrogens with one attached hydrogen (secondary N) is 1. The molecule has 2 rings (SSSR count). The van der Waals surface area contributed by atoms with E-state index in [9.17, 15) is 0 Å². The molecule has 0 saturated heterocycles. The Kier molecular flexibility index (Phi) is 5.70. The second-order valence-corrected chi connectivity index (χ2v) is 6.86. The van der Waals surface area contributed by atoms with E-state index >= 15 is 0 Å². The van der Waals surface area contributed by atoms with Gasteiger partial charge in [0.05, 0.1) is 6.61 Å². The number of nitrogens with zero attached hydrogens (tertiary/aromatic N) is 1. The Balaban J connectivity index is 2.08. The van der Waals surface area contributed by atoms with Crippen LogP contribution in [0.1, 0.15) is 45.2 Å². The first-order valence-electron chi connectivity index (χ1n) is 8.25. The van der Waals surface area contributed by atoms with E-state index in [4.69, 9.17) is 9.47 Å². The van der Waals surface area contributed by atoms with Crippen molar-refractivity contribution in [2.45, 2.75) is 45.3 Å². The van der Waals surface area contributed by atoms with Crippen LogP contribution in [0.5, 0.6) is 11.5 Å². The predicted octanol–water partition coefficient (Wildman–Crippen LogP) is 3.23. The standard InChI is InChI=1S/C18H30N2O2/c1-6-21-14-8-9-15-16(19-10-7-11-20(4)5)13-18(2,3)22-17(15)12-14/h8-9,12,16,19H,6-7,10-11,13H2,1-5H3. The molecule has 0 aliphatic carbocycles. The van der Waals surface area contributed by atoms with Gasteiger partial charge in [0, 0.05) is 24.1 Å². The largest absolute Gasteiger partial charge is 0.494 e. The maximum atomic E-state index is 6.15. The molecular weight excluding hydrogens is 276 g/mol. The zero-order valence-electron chi connectivity index (χ0n) is 14.6. The van der Waals surface area contributed by atoms with Gasteiger partial charge < -0.3 is 19.7 Å². The Morgan fingerprint density at radius 2 is 2.14 bits per heavy atom. The molecule has 0 bridgehead atoms. The molecule has 0 aromatic heterocycles. The van der Waals surface area contributed by atoms with E-state index < -0.39 is 0 Å². The monoisotopic (exact) mass is 306 g/mol. The molecule has 1 aromatic rings. The zero-order chi connectivity index (χ0) is 16.2. The molecular formula is C18H30N2O2. The first-order valence-corrected chi connectivity index (χ1v) is 8.25. The van der Waals surface area contributed by atoms with Crippen molar-refractivity contribution in [3.05, 3.63) is 23.8 Å². The highest BCUT2D eigenvalue weighted by atomic mass is 16.5. The Labute approximate surface area is 134 Å². The van der Waals surface area contributed by atoms with Gasteiger partial charge >= 0.3 is 0 Å². The van der Waals surface area contributed by atoms with Gasteiger partial charge in [-0.15, -0.1) is 0 Å². The van der Waals surface area contributed by atoms with E-state index in [1.807, 2.05) is 19.1 Å². The van der Waals surface area contributed by atoms with Gasteiger partial charge in [-0.1, -0.05) is 6.07 Å². The maximum Gasteiger partial charge on any atom is 0.128 e. The van der Waals surface area contributed by atoms with Crippen LogP contribution in [-0.2, 0) is 0 Å². The first-order chi connectivity index (χ1) is 10.4. The fourth-order valence-electron chi connectivity index (χ4n) is 2.94. The molecule has 0 fully saturated rings. The van der Waals surface area contributed by atoms with Gasteiger partial charge in [0.25, 0.3) is 0 Å². The molecule has 0 spiro atoms. The average molecular weight is 306 g/mol. The molecule has 1 heterocycles. The minimum absolute atomic E-state index is 0.156. The van der Waals surface area contributed by atoms with Crippen LogP contribution in [0.4, 0.5) is 0 Å². The smallest absolute Gasteiger partial charge is 0.128 e. The van der Waals surface area contributed by atoms with Crippen LogP contribution in [0.25, 0.3) is 0 Å². The third kappa shape index (κ3) is 4.62. The number of ether oxygens (including phenoxy) is 2. The summed E-state index contributed by atoms with van der Waals surface area (Å²) in [5.74, 6) is 1.83. The molecule has 0 saturated carbocycles. The van der Waals surface area contributed by atoms with Crippen LogP contribution < -0.4 is 14.8 Å². The van der Waals surface area contributed by atoms with Crippen LogP contribution in [0.3, 0.4) is 0 Å². The Morgan fingerprint density at radius 3 is 2.82 bits per heavy atom. The lowest BCUT2D eigenvalue weighted by atomic mass is 9.89. The normalized spacial score (nSPS) is 19.6. The minimum Gasteiger partial charge on any atom is -0.494 e. The van der Waals surface area contributed by atoms with Gasteiger partial charge in [0.1, 0.15) is 17.1 Å². The fraction of sp³-hybridized carbons (Fsp3) is 0.667. The average Bonchev–Trinajstić information content (AvgIpc) is 2.42. The van der Waals surface area contributed by atoms with E-state index in [1.54, 1.807) is 0 Å². The maximum absolute atomic E-state index is 6.15. The molecule has 1 unspecified atom stereocenters. The third-order valence-electron chi connectivity index (χ3n) is 3.93. The minimum atomic E-state index is -0.156. The summed E-state index contributed by atoms with van der Waals surface area (Å²) in [4.78, 5) is 2.22. The molecule has 4 nitrogen and oxygen atoms in total. The van der Waals surface area contributed by atoms with Gasteiger partial charge in [0.15, 0.2) is 0 Å². The number of fused-ring (bicyclic) bond motifs is 1. The molecule has 0 amide bonds. The van der Waals surface area contributed by atoms with Crippen molar-refractivity contribution in [1.82, 2.24) is 10.2 Å². The highest BCUT2D eigenvalue weighted by Gasteiger charge is 2.33. The summed E-state index contributed by atoms with van der Waals surface area (Å²) in [7, 11) is 4.23. The summed E-state index contributed by atoms with van der Waals surface area (Å²) in [5.41, 5.74) is 1.09. The van der Waals surface area contributed by atoms with Crippen molar-refractivity contribution in [3.8, 4) is 11.5 Å². The van der Waals surface area contributed by atoms with Crippen molar-refractivity contribution >= 4 is 0 Å². The van der Waals surface area contributed by atoms with E-state index in [-0.39, 0.29) is 5.60 Å². The molecule has 1 aliphatic rings. The van der Waals surface area contributed by atoms with Crippen LogP contribution in [0, 0.1) is 0 Å². The molecule has 1 atom stereocenters. The lowest BCUT2D eigenvalue weighted by Crippen LogP contribution is -2.40. The number of hydrogen-bond acceptors (Lipinski definition) is 4. The van der Waals surface area contributed by atoms with Gasteiger partial charge in [-0.25, -0.2) is 0 Å². The second kappa shape index (κ2) is 7.34. The molecule has 0 radical (unpaired) electrons. The molecule has 4 heteroatoms. The summed E-state index contributed by atoms with van der Waals surface area (Å²) in [6.45, 7) is 9.10. The lowest BCUT2D eigenvalue weighted by molar-refractivity contribution is 0.0656. The Bertz CT molecular complexity index is 486. The van der Waals surface area contributed by atoms with Gasteiger partial charge in [-0.05, 0) is 60.4 Å². The summed E-state index contributed by atoms with van der Waals surface area (Å²) < 4.78 is 11.7. The van der Waals surface area contributed by atoms with Crippen molar-refractivity contribution < 1.29 is 9.47 Å². The van der Waals surface area contributed by atoms with Crippen LogP contribution in [-0.4, -0.2) is 44.3 Å². The summed E-state index contributed by atoms with van der Waals surface area (Å²) >= 11 is 0. The lowest BCUT2D eigenvalue weighted by Gasteiger charge is -2.38. The van der Waals surface area contributed by atoms with E-state index in [2.05, 4.69) is 44.2 Å². The Hall–Kier alpha value is -1.26. The molecule has 124 valence electrons. The van der Waals surface area contributed by atoms with E-state index in [1.165, 1.54) is 5.56 Å². The molecule has 22 heavy (non-hydrogen) atoms. The zero-order valence-corrected chi connectivity index (χ0v) is 14.6. The van der Waals surface area contributed by atoms with Crippen molar-refractivity contribution in [2.75, 3.05) is 33.8 Å². The number of benzene rings is 1. The van der Waals surface area contributed by atoms with Crippen LogP contribution >= 0.6 is 0 Å². The first kappa shape index (κ1) is 17.1. The molecule has 1 aromatic carbocycles. The highest BCUT2D eigenvalue weighted by molar-refractivity contribution is 5.44.